The second-order valence-electron chi connectivity index (χ2n) is 8.65. The van der Waals surface area contributed by atoms with E-state index in [1.54, 1.807) is 7.11 Å². The number of amides is 1. The van der Waals surface area contributed by atoms with Gasteiger partial charge in [0.05, 0.1) is 13.5 Å². The Hall–Kier alpha value is -2.37. The van der Waals surface area contributed by atoms with Crippen LogP contribution in [-0.2, 0) is 11.2 Å². The molecule has 2 heterocycles. The second kappa shape index (κ2) is 7.57. The molecule has 1 saturated carbocycles. The van der Waals surface area contributed by atoms with E-state index in [2.05, 4.69) is 28.9 Å². The molecule has 4 rings (SSSR count). The minimum absolute atomic E-state index is 0.156. The third-order valence-corrected chi connectivity index (χ3v) is 6.48. The monoisotopic (exact) mass is 382 g/mol. The second-order valence-corrected chi connectivity index (χ2v) is 8.65. The number of benzene rings is 1. The Morgan fingerprint density at radius 2 is 2.00 bits per heavy atom. The van der Waals surface area contributed by atoms with Crippen LogP contribution in [0.25, 0.3) is 0 Å². The maximum absolute atomic E-state index is 13.0. The Labute approximate surface area is 166 Å². The fourth-order valence-electron chi connectivity index (χ4n) is 4.85. The fraction of sp³-hybridized carbons (Fsp3) is 0.591. The molecule has 1 spiro atoms. The summed E-state index contributed by atoms with van der Waals surface area (Å²) in [6.45, 7) is 5.79. The van der Waals surface area contributed by atoms with Gasteiger partial charge < -0.3 is 9.64 Å². The van der Waals surface area contributed by atoms with Crippen LogP contribution in [0.4, 0.5) is 0 Å². The largest absolute Gasteiger partial charge is 0.497 e. The van der Waals surface area contributed by atoms with Gasteiger partial charge in [-0.05, 0) is 36.0 Å². The van der Waals surface area contributed by atoms with E-state index in [4.69, 9.17) is 9.72 Å². The van der Waals surface area contributed by atoms with Crippen LogP contribution >= 0.6 is 0 Å². The molecule has 1 saturated heterocycles. The molecule has 1 atom stereocenters. The Bertz CT molecular complexity index is 821. The van der Waals surface area contributed by atoms with E-state index in [9.17, 15) is 4.79 Å². The quantitative estimate of drug-likeness (QED) is 0.857. The van der Waals surface area contributed by atoms with Crippen molar-refractivity contribution in [2.45, 2.75) is 57.8 Å². The summed E-state index contributed by atoms with van der Waals surface area (Å²) in [4.78, 5) is 19.9. The Kier molecular flexibility index (Phi) is 5.13. The molecule has 28 heavy (non-hydrogen) atoms. The summed E-state index contributed by atoms with van der Waals surface area (Å²) in [5.41, 5.74) is 1.18. The summed E-state index contributed by atoms with van der Waals surface area (Å²) in [5.74, 6) is 3.40. The maximum Gasteiger partial charge on any atom is 0.227 e. The van der Waals surface area contributed by atoms with Gasteiger partial charge in [0.2, 0.25) is 5.91 Å². The lowest BCUT2D eigenvalue weighted by Gasteiger charge is -2.28. The zero-order valence-electron chi connectivity index (χ0n) is 17.1. The third kappa shape index (κ3) is 3.52. The molecule has 1 aliphatic heterocycles. The zero-order valence-corrected chi connectivity index (χ0v) is 17.1. The molecular weight excluding hydrogens is 352 g/mol. The normalized spacial score (nSPS) is 21.0. The standard InChI is InChI=1S/C22H30N4O2/c1-15(2)20-23-21(25-24-20)18-13-26(14-22(18)10-4-5-11-22)19(27)12-16-6-8-17(28-3)9-7-16/h6-9,15,18H,4-5,10-14H2,1-3H3,(H,23,24,25). The molecule has 1 aromatic carbocycles. The van der Waals surface area contributed by atoms with Gasteiger partial charge in [-0.1, -0.05) is 38.8 Å². The highest BCUT2D eigenvalue weighted by atomic mass is 16.5. The summed E-state index contributed by atoms with van der Waals surface area (Å²) < 4.78 is 5.21. The van der Waals surface area contributed by atoms with Gasteiger partial charge in [0.25, 0.3) is 0 Å². The number of hydrogen-bond acceptors (Lipinski definition) is 4. The number of likely N-dealkylation sites (tertiary alicyclic amines) is 1. The fourth-order valence-corrected chi connectivity index (χ4v) is 4.85. The van der Waals surface area contributed by atoms with E-state index < -0.39 is 0 Å². The number of ether oxygens (including phenoxy) is 1. The van der Waals surface area contributed by atoms with Crippen molar-refractivity contribution in [3.05, 3.63) is 41.5 Å². The molecular formula is C22H30N4O2. The molecule has 0 radical (unpaired) electrons. The zero-order chi connectivity index (χ0) is 19.7. The van der Waals surface area contributed by atoms with Crippen LogP contribution in [0.2, 0.25) is 0 Å². The van der Waals surface area contributed by atoms with Crippen LogP contribution < -0.4 is 4.74 Å². The molecule has 6 nitrogen and oxygen atoms in total. The van der Waals surface area contributed by atoms with E-state index in [-0.39, 0.29) is 17.2 Å². The molecule has 0 bridgehead atoms. The first-order chi connectivity index (χ1) is 13.5. The number of carbonyl (C=O) groups excluding carboxylic acids is 1. The van der Waals surface area contributed by atoms with Crippen LogP contribution in [0.3, 0.4) is 0 Å². The number of nitrogens with one attached hydrogen (secondary N) is 1. The summed E-state index contributed by atoms with van der Waals surface area (Å²) in [6, 6.07) is 7.77. The summed E-state index contributed by atoms with van der Waals surface area (Å²) in [7, 11) is 1.65. The van der Waals surface area contributed by atoms with Crippen molar-refractivity contribution in [2.24, 2.45) is 5.41 Å². The van der Waals surface area contributed by atoms with Crippen LogP contribution in [-0.4, -0.2) is 46.2 Å². The number of carbonyl (C=O) groups is 1. The first-order valence-electron chi connectivity index (χ1n) is 10.3. The van der Waals surface area contributed by atoms with Gasteiger partial charge in [-0.15, -0.1) is 0 Å². The topological polar surface area (TPSA) is 71.1 Å². The highest BCUT2D eigenvalue weighted by Crippen LogP contribution is 2.52. The lowest BCUT2D eigenvalue weighted by molar-refractivity contribution is -0.129. The van der Waals surface area contributed by atoms with Crippen LogP contribution in [0.1, 0.15) is 68.6 Å². The lowest BCUT2D eigenvalue weighted by atomic mass is 9.76. The first-order valence-corrected chi connectivity index (χ1v) is 10.3. The van der Waals surface area contributed by atoms with E-state index in [1.807, 2.05) is 24.3 Å². The van der Waals surface area contributed by atoms with E-state index in [0.29, 0.717) is 12.3 Å². The SMILES string of the molecule is COc1ccc(CC(=O)N2CC(c3nc(C(C)C)n[nH]3)C3(CCCC3)C2)cc1. The Balaban J connectivity index is 1.51. The third-order valence-electron chi connectivity index (χ3n) is 6.48. The predicted octanol–water partition coefficient (Wildman–Crippen LogP) is 3.67. The Morgan fingerprint density at radius 3 is 2.61 bits per heavy atom. The number of rotatable bonds is 5. The van der Waals surface area contributed by atoms with Gasteiger partial charge >= 0.3 is 0 Å². The van der Waals surface area contributed by atoms with E-state index in [0.717, 1.165) is 36.1 Å². The highest BCUT2D eigenvalue weighted by molar-refractivity contribution is 5.79. The van der Waals surface area contributed by atoms with Crippen molar-refractivity contribution in [1.29, 1.82) is 0 Å². The van der Waals surface area contributed by atoms with Crippen LogP contribution in [0, 0.1) is 5.41 Å². The van der Waals surface area contributed by atoms with Crippen molar-refractivity contribution in [3.63, 3.8) is 0 Å². The van der Waals surface area contributed by atoms with Crippen molar-refractivity contribution >= 4 is 5.91 Å². The average molecular weight is 383 g/mol. The van der Waals surface area contributed by atoms with Gasteiger partial charge in [-0.3, -0.25) is 9.89 Å². The summed E-state index contributed by atoms with van der Waals surface area (Å²) in [6.07, 6.45) is 5.24. The van der Waals surface area contributed by atoms with Gasteiger partial charge in [-0.2, -0.15) is 5.10 Å². The van der Waals surface area contributed by atoms with E-state index in [1.165, 1.54) is 25.7 Å². The van der Waals surface area contributed by atoms with Crippen molar-refractivity contribution in [2.75, 3.05) is 20.2 Å². The smallest absolute Gasteiger partial charge is 0.227 e. The van der Waals surface area contributed by atoms with Crippen molar-refractivity contribution < 1.29 is 9.53 Å². The molecule has 1 amide bonds. The molecule has 6 heteroatoms. The van der Waals surface area contributed by atoms with Crippen molar-refractivity contribution in [1.82, 2.24) is 20.1 Å². The minimum Gasteiger partial charge on any atom is -0.497 e. The number of aromatic nitrogens is 3. The molecule has 2 aromatic rings. The highest BCUT2D eigenvalue weighted by Gasteiger charge is 2.51. The Morgan fingerprint density at radius 1 is 1.29 bits per heavy atom. The van der Waals surface area contributed by atoms with E-state index >= 15 is 0 Å². The van der Waals surface area contributed by atoms with Gasteiger partial charge in [0.1, 0.15) is 11.6 Å². The molecule has 2 fully saturated rings. The molecule has 1 N–H and O–H groups in total. The van der Waals surface area contributed by atoms with Gasteiger partial charge in [-0.25, -0.2) is 4.98 Å². The average Bonchev–Trinajstić information content (AvgIpc) is 3.43. The first kappa shape index (κ1) is 19.0. The number of H-pyrrole nitrogens is 1. The van der Waals surface area contributed by atoms with Crippen LogP contribution in [0.5, 0.6) is 5.75 Å². The van der Waals surface area contributed by atoms with Crippen molar-refractivity contribution in [3.8, 4) is 5.75 Å². The predicted molar refractivity (Wildman–Crippen MR) is 107 cm³/mol. The number of nitrogens with zero attached hydrogens (tertiary/aromatic N) is 3. The lowest BCUT2D eigenvalue weighted by Crippen LogP contribution is -2.32. The molecule has 150 valence electrons. The number of methoxy groups -OCH3 is 1. The molecule has 1 aliphatic carbocycles. The summed E-state index contributed by atoms with van der Waals surface area (Å²) in [5, 5.41) is 7.61. The molecule has 1 unspecified atom stereocenters. The van der Waals surface area contributed by atoms with Crippen LogP contribution in [0.15, 0.2) is 24.3 Å². The molecule has 2 aliphatic rings. The maximum atomic E-state index is 13.0. The van der Waals surface area contributed by atoms with Gasteiger partial charge in [0, 0.05) is 24.9 Å². The number of aromatic amines is 1. The molecule has 1 aromatic heterocycles. The number of hydrogen-bond donors (Lipinski definition) is 1. The van der Waals surface area contributed by atoms with Gasteiger partial charge in [0.15, 0.2) is 5.82 Å². The minimum atomic E-state index is 0.156. The summed E-state index contributed by atoms with van der Waals surface area (Å²) >= 11 is 0.